The van der Waals surface area contributed by atoms with Crippen LogP contribution in [0.1, 0.15) is 41.2 Å². The van der Waals surface area contributed by atoms with Gasteiger partial charge in [-0.3, -0.25) is 15.1 Å². The average Bonchev–Trinajstić information content (AvgIpc) is 2.63. The van der Waals surface area contributed by atoms with E-state index < -0.39 is 0 Å². The maximum Gasteiger partial charge on any atom is 0.257 e. The highest BCUT2D eigenvalue weighted by Gasteiger charge is 2.26. The Morgan fingerprint density at radius 1 is 1.17 bits per heavy atom. The summed E-state index contributed by atoms with van der Waals surface area (Å²) in [6.07, 6.45) is 6.91. The van der Waals surface area contributed by atoms with Crippen LogP contribution >= 0.6 is 12.2 Å². The lowest BCUT2D eigenvalue weighted by atomic mass is 9.97. The van der Waals surface area contributed by atoms with Crippen LogP contribution in [0.5, 0.6) is 0 Å². The molecule has 2 aromatic rings. The molecule has 1 aliphatic heterocycles. The molecule has 1 fully saturated rings. The molecule has 0 spiro atoms. The summed E-state index contributed by atoms with van der Waals surface area (Å²) < 4.78 is 0. The van der Waals surface area contributed by atoms with E-state index in [-0.39, 0.29) is 11.9 Å². The second-order valence-electron chi connectivity index (χ2n) is 5.62. The molecule has 0 radical (unpaired) electrons. The second-order valence-corrected chi connectivity index (χ2v) is 6.00. The van der Waals surface area contributed by atoms with E-state index in [1.807, 2.05) is 30.5 Å². The lowest BCUT2D eigenvalue weighted by Gasteiger charge is -2.37. The smallest absolute Gasteiger partial charge is 0.257 e. The van der Waals surface area contributed by atoms with Crippen LogP contribution in [-0.4, -0.2) is 27.4 Å². The van der Waals surface area contributed by atoms with Gasteiger partial charge in [-0.2, -0.15) is 0 Å². The normalized spacial score (nSPS) is 17.6. The first-order chi connectivity index (χ1) is 11.3. The van der Waals surface area contributed by atoms with Crippen molar-refractivity contribution in [3.8, 4) is 0 Å². The number of piperidine rings is 1. The van der Waals surface area contributed by atoms with Crippen molar-refractivity contribution in [2.24, 2.45) is 0 Å². The lowest BCUT2D eigenvalue weighted by Crippen LogP contribution is -2.46. The lowest BCUT2D eigenvalue weighted by molar-refractivity contribution is 0.0969. The second kappa shape index (κ2) is 7.33. The minimum atomic E-state index is -0.161. The molecular weight excluding hydrogens is 306 g/mol. The van der Waals surface area contributed by atoms with Crippen molar-refractivity contribution in [2.45, 2.75) is 25.3 Å². The Balaban J connectivity index is 1.73. The highest BCUT2D eigenvalue weighted by Crippen LogP contribution is 2.30. The van der Waals surface area contributed by atoms with Crippen molar-refractivity contribution >= 4 is 23.2 Å². The molecule has 2 heterocycles. The minimum Gasteiger partial charge on any atom is -0.342 e. The number of rotatable bonds is 2. The summed E-state index contributed by atoms with van der Waals surface area (Å²) in [5, 5.41) is 3.36. The maximum absolute atomic E-state index is 12.3. The summed E-state index contributed by atoms with van der Waals surface area (Å²) in [7, 11) is 0. The summed E-state index contributed by atoms with van der Waals surface area (Å²) in [6, 6.07) is 13.3. The molecule has 5 heteroatoms. The van der Waals surface area contributed by atoms with Crippen LogP contribution in [0.25, 0.3) is 0 Å². The summed E-state index contributed by atoms with van der Waals surface area (Å²) in [5.74, 6) is -0.161. The number of hydrogen-bond donors (Lipinski definition) is 1. The number of carbonyl (C=O) groups is 1. The minimum absolute atomic E-state index is 0.161. The summed E-state index contributed by atoms with van der Waals surface area (Å²) in [6.45, 7) is 0.855. The average molecular weight is 325 g/mol. The molecule has 23 heavy (non-hydrogen) atoms. The molecule has 1 atom stereocenters. The monoisotopic (exact) mass is 325 g/mol. The van der Waals surface area contributed by atoms with E-state index >= 15 is 0 Å². The zero-order valence-electron chi connectivity index (χ0n) is 12.8. The molecule has 0 aliphatic carbocycles. The number of nitrogens with one attached hydrogen (secondary N) is 1. The van der Waals surface area contributed by atoms with Crippen molar-refractivity contribution in [1.29, 1.82) is 0 Å². The molecule has 1 amide bonds. The van der Waals surface area contributed by atoms with Gasteiger partial charge < -0.3 is 4.90 Å². The Labute approximate surface area is 141 Å². The third-order valence-electron chi connectivity index (χ3n) is 4.09. The van der Waals surface area contributed by atoms with Crippen molar-refractivity contribution in [1.82, 2.24) is 15.2 Å². The van der Waals surface area contributed by atoms with Gasteiger partial charge in [0.1, 0.15) is 0 Å². The highest BCUT2D eigenvalue weighted by molar-refractivity contribution is 7.80. The largest absolute Gasteiger partial charge is 0.342 e. The number of amides is 1. The van der Waals surface area contributed by atoms with Gasteiger partial charge in [0.2, 0.25) is 0 Å². The Kier molecular flexibility index (Phi) is 4.98. The summed E-state index contributed by atoms with van der Waals surface area (Å²) >= 11 is 5.50. The predicted octanol–water partition coefficient (Wildman–Crippen LogP) is 3.32. The van der Waals surface area contributed by atoms with E-state index in [1.54, 1.807) is 18.3 Å². The van der Waals surface area contributed by atoms with Crippen LogP contribution in [-0.2, 0) is 0 Å². The van der Waals surface area contributed by atoms with Crippen LogP contribution in [0.3, 0.4) is 0 Å². The van der Waals surface area contributed by atoms with Gasteiger partial charge in [0.15, 0.2) is 5.11 Å². The fourth-order valence-electron chi connectivity index (χ4n) is 2.92. The van der Waals surface area contributed by atoms with Gasteiger partial charge in [-0.05, 0) is 55.2 Å². The Bertz CT molecular complexity index is 675. The van der Waals surface area contributed by atoms with E-state index in [0.717, 1.165) is 31.4 Å². The van der Waals surface area contributed by atoms with Gasteiger partial charge in [-0.25, -0.2) is 0 Å². The Morgan fingerprint density at radius 3 is 2.74 bits per heavy atom. The van der Waals surface area contributed by atoms with Crippen LogP contribution in [0.2, 0.25) is 0 Å². The number of nitrogens with zero attached hydrogens (tertiary/aromatic N) is 2. The molecular formula is C18H19N3OS. The Morgan fingerprint density at radius 2 is 2.00 bits per heavy atom. The number of thiocarbonyl (C=S) groups is 1. The highest BCUT2D eigenvalue weighted by atomic mass is 32.1. The van der Waals surface area contributed by atoms with Gasteiger partial charge in [-0.1, -0.05) is 24.3 Å². The number of hydrogen-bond acceptors (Lipinski definition) is 3. The summed E-state index contributed by atoms with van der Waals surface area (Å²) in [4.78, 5) is 18.6. The van der Waals surface area contributed by atoms with Crippen molar-refractivity contribution in [2.75, 3.05) is 6.54 Å². The number of benzene rings is 1. The molecule has 3 rings (SSSR count). The number of aromatic nitrogens is 1. The van der Waals surface area contributed by atoms with Gasteiger partial charge >= 0.3 is 0 Å². The van der Waals surface area contributed by atoms with E-state index in [0.29, 0.717) is 10.7 Å². The molecule has 0 unspecified atom stereocenters. The SMILES string of the molecule is O=C(NC(=S)N1CCCC[C@@H]1c1cccnc1)c1ccccc1. The third kappa shape index (κ3) is 3.74. The molecule has 4 nitrogen and oxygen atoms in total. The zero-order chi connectivity index (χ0) is 16.1. The quantitative estimate of drug-likeness (QED) is 0.860. The first kappa shape index (κ1) is 15.6. The fourth-order valence-corrected chi connectivity index (χ4v) is 3.24. The topological polar surface area (TPSA) is 45.2 Å². The number of pyridine rings is 1. The molecule has 1 aromatic carbocycles. The first-order valence-corrected chi connectivity index (χ1v) is 8.23. The van der Waals surface area contributed by atoms with Gasteiger partial charge in [0.25, 0.3) is 5.91 Å². The zero-order valence-corrected chi connectivity index (χ0v) is 13.6. The number of carbonyl (C=O) groups excluding carboxylic acids is 1. The van der Waals surface area contributed by atoms with E-state index in [1.165, 1.54) is 0 Å². The van der Waals surface area contributed by atoms with Crippen LogP contribution in [0.15, 0.2) is 54.9 Å². The molecule has 1 saturated heterocycles. The standard InChI is InChI=1S/C18H19N3OS/c22-17(14-7-2-1-3-8-14)20-18(23)21-12-5-4-10-16(21)15-9-6-11-19-13-15/h1-3,6-9,11,13,16H,4-5,10,12H2,(H,20,22,23)/t16-/m1/s1. The van der Waals surface area contributed by atoms with E-state index in [4.69, 9.17) is 12.2 Å². The number of likely N-dealkylation sites (tertiary alicyclic amines) is 1. The van der Waals surface area contributed by atoms with E-state index in [9.17, 15) is 4.79 Å². The fraction of sp³-hybridized carbons (Fsp3) is 0.278. The molecule has 1 N–H and O–H groups in total. The molecule has 1 aliphatic rings. The Hall–Kier alpha value is -2.27. The van der Waals surface area contributed by atoms with Crippen molar-refractivity contribution < 1.29 is 4.79 Å². The van der Waals surface area contributed by atoms with Crippen LogP contribution in [0.4, 0.5) is 0 Å². The summed E-state index contributed by atoms with van der Waals surface area (Å²) in [5.41, 5.74) is 1.76. The van der Waals surface area contributed by atoms with Crippen molar-refractivity contribution in [3.05, 3.63) is 66.0 Å². The molecule has 0 bridgehead atoms. The van der Waals surface area contributed by atoms with Gasteiger partial charge in [0.05, 0.1) is 6.04 Å². The van der Waals surface area contributed by atoms with Gasteiger partial charge in [0, 0.05) is 24.5 Å². The van der Waals surface area contributed by atoms with Crippen LogP contribution in [0, 0.1) is 0 Å². The van der Waals surface area contributed by atoms with E-state index in [2.05, 4.69) is 21.3 Å². The first-order valence-electron chi connectivity index (χ1n) is 7.82. The molecule has 1 aromatic heterocycles. The van der Waals surface area contributed by atoms with Gasteiger partial charge in [-0.15, -0.1) is 0 Å². The predicted molar refractivity (Wildman–Crippen MR) is 94.0 cm³/mol. The maximum atomic E-state index is 12.3. The third-order valence-corrected chi connectivity index (χ3v) is 4.43. The molecule has 118 valence electrons. The van der Waals surface area contributed by atoms with Crippen molar-refractivity contribution in [3.63, 3.8) is 0 Å². The molecule has 0 saturated carbocycles. The van der Waals surface area contributed by atoms with Crippen LogP contribution < -0.4 is 5.32 Å².